The van der Waals surface area contributed by atoms with Gasteiger partial charge in [-0.3, -0.25) is 4.79 Å². The van der Waals surface area contributed by atoms with Crippen LogP contribution in [0, 0.1) is 0 Å². The summed E-state index contributed by atoms with van der Waals surface area (Å²) in [7, 11) is -1.58. The summed E-state index contributed by atoms with van der Waals surface area (Å²) < 4.78 is 1.30. The predicted molar refractivity (Wildman–Crippen MR) is 75.1 cm³/mol. The molecule has 1 aromatic carbocycles. The van der Waals surface area contributed by atoms with Gasteiger partial charge in [-0.1, -0.05) is 12.1 Å². The minimum absolute atomic E-state index is 0.0845. The molecule has 108 valence electrons. The number of hydrogen-bond donors (Lipinski definition) is 5. The standard InChI is InChI=1S/C11H12BN5O4/c13-10(18)9-8(15-11(14)19)5-17(16-9)7-3-1-6(2-4-7)12(20)21/h1-5,20-21H,(H2,13,18)(H3,14,15,19). The Kier molecular flexibility index (Phi) is 3.92. The third-order valence-corrected chi connectivity index (χ3v) is 2.66. The van der Waals surface area contributed by atoms with Crippen LogP contribution in [0.5, 0.6) is 0 Å². The van der Waals surface area contributed by atoms with Crippen LogP contribution in [0.1, 0.15) is 10.5 Å². The van der Waals surface area contributed by atoms with E-state index in [1.165, 1.54) is 23.0 Å². The van der Waals surface area contributed by atoms with Gasteiger partial charge >= 0.3 is 13.1 Å². The van der Waals surface area contributed by atoms with Gasteiger partial charge in [0.25, 0.3) is 5.91 Å². The molecule has 0 spiro atoms. The summed E-state index contributed by atoms with van der Waals surface area (Å²) in [5, 5.41) is 24.2. The van der Waals surface area contributed by atoms with Gasteiger partial charge in [0.2, 0.25) is 0 Å². The summed E-state index contributed by atoms with van der Waals surface area (Å²) in [6.07, 6.45) is 1.37. The zero-order valence-electron chi connectivity index (χ0n) is 10.7. The van der Waals surface area contributed by atoms with Gasteiger partial charge in [-0.2, -0.15) is 5.10 Å². The molecule has 0 fully saturated rings. The third kappa shape index (κ3) is 3.19. The highest BCUT2D eigenvalue weighted by molar-refractivity contribution is 6.58. The van der Waals surface area contributed by atoms with E-state index in [0.717, 1.165) is 0 Å². The number of hydrogen-bond acceptors (Lipinski definition) is 5. The van der Waals surface area contributed by atoms with Crippen molar-refractivity contribution < 1.29 is 19.6 Å². The second-order valence-electron chi connectivity index (χ2n) is 4.15. The molecular formula is C11H12BN5O4. The summed E-state index contributed by atoms with van der Waals surface area (Å²) in [6, 6.07) is 5.22. The van der Waals surface area contributed by atoms with Gasteiger partial charge in [0.15, 0.2) is 5.69 Å². The molecule has 1 heterocycles. The summed E-state index contributed by atoms with van der Waals surface area (Å²) in [5.74, 6) is -0.820. The van der Waals surface area contributed by atoms with Crippen LogP contribution in [0.15, 0.2) is 30.5 Å². The van der Waals surface area contributed by atoms with Crippen LogP contribution >= 0.6 is 0 Å². The van der Waals surface area contributed by atoms with Crippen molar-refractivity contribution in [1.29, 1.82) is 0 Å². The maximum absolute atomic E-state index is 11.3. The fourth-order valence-electron chi connectivity index (χ4n) is 1.71. The summed E-state index contributed by atoms with van der Waals surface area (Å²) >= 11 is 0. The highest BCUT2D eigenvalue weighted by atomic mass is 16.4. The van der Waals surface area contributed by atoms with Crippen molar-refractivity contribution in [3.8, 4) is 5.69 Å². The predicted octanol–water partition coefficient (Wildman–Crippen LogP) is -1.86. The summed E-state index contributed by atoms with van der Waals surface area (Å²) in [4.78, 5) is 22.2. The molecule has 7 N–H and O–H groups in total. The first-order chi connectivity index (χ1) is 9.88. The normalized spacial score (nSPS) is 10.2. The molecule has 2 aromatic rings. The van der Waals surface area contributed by atoms with Gasteiger partial charge < -0.3 is 26.8 Å². The van der Waals surface area contributed by atoms with Gasteiger partial charge in [0, 0.05) is 0 Å². The number of nitrogens with zero attached hydrogens (tertiary/aromatic N) is 2. The van der Waals surface area contributed by atoms with Crippen LogP contribution in [0.2, 0.25) is 0 Å². The van der Waals surface area contributed by atoms with Crippen LogP contribution < -0.4 is 22.2 Å². The Morgan fingerprint density at radius 3 is 2.29 bits per heavy atom. The molecule has 10 heteroatoms. The van der Waals surface area contributed by atoms with Gasteiger partial charge in [-0.25, -0.2) is 9.48 Å². The topological polar surface area (TPSA) is 156 Å². The molecule has 21 heavy (non-hydrogen) atoms. The van der Waals surface area contributed by atoms with Crippen molar-refractivity contribution in [3.63, 3.8) is 0 Å². The Morgan fingerprint density at radius 1 is 1.19 bits per heavy atom. The maximum atomic E-state index is 11.3. The first-order valence-corrected chi connectivity index (χ1v) is 5.81. The van der Waals surface area contributed by atoms with Crippen molar-refractivity contribution in [2.75, 3.05) is 5.32 Å². The Labute approximate surface area is 119 Å². The van der Waals surface area contributed by atoms with E-state index in [-0.39, 0.29) is 11.4 Å². The zero-order chi connectivity index (χ0) is 15.6. The molecule has 0 aliphatic rings. The van der Waals surface area contributed by atoms with Crippen LogP contribution in [-0.4, -0.2) is 38.9 Å². The molecule has 0 unspecified atom stereocenters. The quantitative estimate of drug-likeness (QED) is 0.417. The largest absolute Gasteiger partial charge is 0.488 e. The van der Waals surface area contributed by atoms with Crippen molar-refractivity contribution in [2.24, 2.45) is 11.5 Å². The van der Waals surface area contributed by atoms with E-state index in [0.29, 0.717) is 11.2 Å². The molecule has 0 bridgehead atoms. The average Bonchev–Trinajstić information content (AvgIpc) is 2.82. The number of carbonyl (C=O) groups excluding carboxylic acids is 2. The molecular weight excluding hydrogens is 277 g/mol. The second-order valence-corrected chi connectivity index (χ2v) is 4.15. The third-order valence-electron chi connectivity index (χ3n) is 2.66. The number of aromatic nitrogens is 2. The molecule has 9 nitrogen and oxygen atoms in total. The van der Waals surface area contributed by atoms with Crippen LogP contribution in [0.4, 0.5) is 10.5 Å². The van der Waals surface area contributed by atoms with Crippen LogP contribution in [0.25, 0.3) is 5.69 Å². The lowest BCUT2D eigenvalue weighted by Gasteiger charge is -2.03. The van der Waals surface area contributed by atoms with E-state index in [9.17, 15) is 9.59 Å². The molecule has 0 saturated carbocycles. The highest BCUT2D eigenvalue weighted by Gasteiger charge is 2.16. The molecule has 0 radical (unpaired) electrons. The lowest BCUT2D eigenvalue weighted by molar-refractivity contribution is 0.0996. The van der Waals surface area contributed by atoms with Crippen molar-refractivity contribution in [3.05, 3.63) is 36.2 Å². The smallest absolute Gasteiger partial charge is 0.423 e. The van der Waals surface area contributed by atoms with E-state index in [2.05, 4.69) is 10.4 Å². The lowest BCUT2D eigenvalue weighted by Crippen LogP contribution is -2.29. The zero-order valence-corrected chi connectivity index (χ0v) is 10.7. The van der Waals surface area contributed by atoms with Crippen LogP contribution in [0.3, 0.4) is 0 Å². The van der Waals surface area contributed by atoms with E-state index in [4.69, 9.17) is 21.5 Å². The average molecular weight is 289 g/mol. The van der Waals surface area contributed by atoms with Crippen LogP contribution in [-0.2, 0) is 0 Å². The monoisotopic (exact) mass is 289 g/mol. The Morgan fingerprint density at radius 2 is 1.81 bits per heavy atom. The Bertz CT molecular complexity index is 682. The number of anilines is 1. The van der Waals surface area contributed by atoms with Gasteiger partial charge in [0.1, 0.15) is 0 Å². The fourth-order valence-corrected chi connectivity index (χ4v) is 1.71. The van der Waals surface area contributed by atoms with Crippen molar-refractivity contribution >= 4 is 30.2 Å². The summed E-state index contributed by atoms with van der Waals surface area (Å²) in [6.45, 7) is 0. The molecule has 0 aliphatic heterocycles. The number of amides is 3. The first-order valence-electron chi connectivity index (χ1n) is 5.81. The number of nitrogens with two attached hydrogens (primary N) is 2. The number of urea groups is 1. The molecule has 3 amide bonds. The summed E-state index contributed by atoms with van der Waals surface area (Å²) in [5.41, 5.74) is 10.9. The van der Waals surface area contributed by atoms with Gasteiger partial charge in [-0.15, -0.1) is 0 Å². The minimum atomic E-state index is -1.58. The highest BCUT2D eigenvalue weighted by Crippen LogP contribution is 2.16. The molecule has 0 saturated heterocycles. The fraction of sp³-hybridized carbons (Fsp3) is 0. The number of carbonyl (C=O) groups is 2. The lowest BCUT2D eigenvalue weighted by atomic mass is 9.80. The molecule has 2 rings (SSSR count). The van der Waals surface area contributed by atoms with Crippen molar-refractivity contribution in [1.82, 2.24) is 9.78 Å². The van der Waals surface area contributed by atoms with E-state index < -0.39 is 19.1 Å². The SMILES string of the molecule is NC(=O)Nc1cn(-c2ccc(B(O)O)cc2)nc1C(N)=O. The molecule has 0 atom stereocenters. The minimum Gasteiger partial charge on any atom is -0.423 e. The van der Waals surface area contributed by atoms with E-state index in [1.54, 1.807) is 12.1 Å². The number of nitrogens with one attached hydrogen (secondary N) is 1. The number of primary amides is 2. The number of benzene rings is 1. The van der Waals surface area contributed by atoms with Gasteiger partial charge in [-0.05, 0) is 17.6 Å². The second kappa shape index (κ2) is 5.65. The first kappa shape index (κ1) is 14.6. The maximum Gasteiger partial charge on any atom is 0.488 e. The van der Waals surface area contributed by atoms with E-state index >= 15 is 0 Å². The van der Waals surface area contributed by atoms with Gasteiger partial charge in [0.05, 0.1) is 17.6 Å². The Balaban J connectivity index is 2.39. The number of rotatable bonds is 4. The molecule has 0 aliphatic carbocycles. The van der Waals surface area contributed by atoms with E-state index in [1.807, 2.05) is 0 Å². The Hall–Kier alpha value is -2.85. The molecule has 1 aromatic heterocycles. The van der Waals surface area contributed by atoms with Crippen molar-refractivity contribution in [2.45, 2.75) is 0 Å².